The van der Waals surface area contributed by atoms with Gasteiger partial charge in [-0.1, -0.05) is 50.1 Å². The first-order valence-corrected chi connectivity index (χ1v) is 8.27. The Hall–Kier alpha value is -1.58. The number of nitrogens with zero attached hydrogens (tertiary/aromatic N) is 1. The predicted octanol–water partition coefficient (Wildman–Crippen LogP) is 6.31. The summed E-state index contributed by atoms with van der Waals surface area (Å²) in [7, 11) is 0. The van der Waals surface area contributed by atoms with Crippen LogP contribution in [0.4, 0.5) is 0 Å². The van der Waals surface area contributed by atoms with Gasteiger partial charge in [0.15, 0.2) is 0 Å². The van der Waals surface area contributed by atoms with Crippen LogP contribution in [0.1, 0.15) is 0 Å². The third-order valence-corrected chi connectivity index (χ3v) is 4.69. The fourth-order valence-corrected chi connectivity index (χ4v) is 3.55. The Labute approximate surface area is 139 Å². The van der Waals surface area contributed by atoms with Gasteiger partial charge in [-0.05, 0) is 48.5 Å². The zero-order valence-electron chi connectivity index (χ0n) is 11.1. The Morgan fingerprint density at radius 3 is 1.67 bits per heavy atom. The average Bonchev–Trinajstić information content (AvgIpc) is 2.81. The molecule has 3 aromatic carbocycles. The highest BCUT2D eigenvalue weighted by molar-refractivity contribution is 9.10. The molecular formula is C18H11Br2N. The summed E-state index contributed by atoms with van der Waals surface area (Å²) in [4.78, 5) is 0. The van der Waals surface area contributed by atoms with Crippen molar-refractivity contribution in [1.82, 2.24) is 4.57 Å². The van der Waals surface area contributed by atoms with Crippen molar-refractivity contribution in [1.29, 1.82) is 0 Å². The van der Waals surface area contributed by atoms with Crippen molar-refractivity contribution in [2.75, 3.05) is 0 Å². The summed E-state index contributed by atoms with van der Waals surface area (Å²) in [5.41, 5.74) is 3.62. The van der Waals surface area contributed by atoms with Crippen LogP contribution in [0.25, 0.3) is 27.5 Å². The second-order valence-electron chi connectivity index (χ2n) is 4.99. The van der Waals surface area contributed by atoms with Crippen LogP contribution in [0, 0.1) is 0 Å². The van der Waals surface area contributed by atoms with Gasteiger partial charge in [-0.3, -0.25) is 0 Å². The fourth-order valence-electron chi connectivity index (χ4n) is 2.82. The van der Waals surface area contributed by atoms with Gasteiger partial charge in [0.1, 0.15) is 0 Å². The molecule has 0 radical (unpaired) electrons. The van der Waals surface area contributed by atoms with E-state index >= 15 is 0 Å². The van der Waals surface area contributed by atoms with Crippen molar-refractivity contribution in [2.45, 2.75) is 0 Å². The molecule has 1 heterocycles. The lowest BCUT2D eigenvalue weighted by Crippen LogP contribution is -1.92. The summed E-state index contributed by atoms with van der Waals surface area (Å²) in [6.45, 7) is 0. The van der Waals surface area contributed by atoms with Crippen molar-refractivity contribution in [3.63, 3.8) is 0 Å². The lowest BCUT2D eigenvalue weighted by Gasteiger charge is -2.07. The maximum atomic E-state index is 3.58. The average molecular weight is 401 g/mol. The quantitative estimate of drug-likeness (QED) is 0.353. The van der Waals surface area contributed by atoms with Crippen molar-refractivity contribution in [3.05, 3.63) is 75.7 Å². The van der Waals surface area contributed by atoms with Gasteiger partial charge in [0.2, 0.25) is 0 Å². The molecule has 0 spiro atoms. The molecule has 21 heavy (non-hydrogen) atoms. The normalized spacial score (nSPS) is 11.3. The third-order valence-electron chi connectivity index (χ3n) is 3.70. The van der Waals surface area contributed by atoms with Gasteiger partial charge < -0.3 is 4.57 Å². The number of rotatable bonds is 1. The first-order chi connectivity index (χ1) is 10.2. The van der Waals surface area contributed by atoms with Gasteiger partial charge in [-0.25, -0.2) is 0 Å². The summed E-state index contributed by atoms with van der Waals surface area (Å²) in [5.74, 6) is 0. The van der Waals surface area contributed by atoms with Gasteiger partial charge in [0, 0.05) is 25.4 Å². The molecule has 0 saturated carbocycles. The van der Waals surface area contributed by atoms with E-state index in [9.17, 15) is 0 Å². The van der Waals surface area contributed by atoms with Gasteiger partial charge >= 0.3 is 0 Å². The third kappa shape index (κ3) is 2.12. The van der Waals surface area contributed by atoms with E-state index in [1.165, 1.54) is 27.5 Å². The van der Waals surface area contributed by atoms with Crippen LogP contribution >= 0.6 is 31.9 Å². The molecule has 1 nitrogen and oxygen atoms in total. The van der Waals surface area contributed by atoms with E-state index in [1.807, 2.05) is 6.07 Å². The van der Waals surface area contributed by atoms with Gasteiger partial charge in [-0.2, -0.15) is 0 Å². The smallest absolute Gasteiger partial charge is 0.0541 e. The summed E-state index contributed by atoms with van der Waals surface area (Å²) in [6, 6.07) is 23.4. The van der Waals surface area contributed by atoms with Gasteiger partial charge in [0.05, 0.1) is 11.0 Å². The largest absolute Gasteiger partial charge is 0.309 e. The topological polar surface area (TPSA) is 4.93 Å². The first-order valence-electron chi connectivity index (χ1n) is 6.69. The first kappa shape index (κ1) is 13.1. The standard InChI is InChI=1S/C18H11Br2N/c19-12-6-8-17-15(10-12)16-11-13(20)7-9-18(16)21(17)14-4-2-1-3-5-14/h1-11H. The minimum Gasteiger partial charge on any atom is -0.309 e. The van der Waals surface area contributed by atoms with Crippen LogP contribution in [0.2, 0.25) is 0 Å². The lowest BCUT2D eigenvalue weighted by molar-refractivity contribution is 1.18. The molecule has 0 aliphatic heterocycles. The molecule has 4 aromatic rings. The van der Waals surface area contributed by atoms with E-state index in [0.29, 0.717) is 0 Å². The van der Waals surface area contributed by atoms with Crippen molar-refractivity contribution >= 4 is 53.7 Å². The molecule has 1 aromatic heterocycles. The summed E-state index contributed by atoms with van der Waals surface area (Å²) in [6.07, 6.45) is 0. The number of hydrogen-bond donors (Lipinski definition) is 0. The number of aromatic nitrogens is 1. The van der Waals surface area contributed by atoms with Gasteiger partial charge in [0.25, 0.3) is 0 Å². The molecule has 0 saturated heterocycles. The number of halogens is 2. The Balaban J connectivity index is 2.22. The van der Waals surface area contributed by atoms with Crippen LogP contribution in [0.15, 0.2) is 75.7 Å². The van der Waals surface area contributed by atoms with Crippen molar-refractivity contribution in [3.8, 4) is 5.69 Å². The predicted molar refractivity (Wildman–Crippen MR) is 96.2 cm³/mol. The molecule has 0 aliphatic carbocycles. The minimum atomic E-state index is 1.10. The maximum absolute atomic E-state index is 3.58. The van der Waals surface area contributed by atoms with Crippen LogP contribution in [0.3, 0.4) is 0 Å². The van der Waals surface area contributed by atoms with E-state index in [2.05, 4.69) is 97.1 Å². The Morgan fingerprint density at radius 2 is 1.14 bits per heavy atom. The minimum absolute atomic E-state index is 1.10. The van der Waals surface area contributed by atoms with E-state index < -0.39 is 0 Å². The van der Waals surface area contributed by atoms with E-state index in [4.69, 9.17) is 0 Å². The van der Waals surface area contributed by atoms with E-state index in [0.717, 1.165) is 8.95 Å². The molecule has 0 atom stereocenters. The molecule has 0 unspecified atom stereocenters. The molecular weight excluding hydrogens is 390 g/mol. The fraction of sp³-hybridized carbons (Fsp3) is 0. The zero-order valence-corrected chi connectivity index (χ0v) is 14.2. The highest BCUT2D eigenvalue weighted by atomic mass is 79.9. The Morgan fingerprint density at radius 1 is 0.619 bits per heavy atom. The molecule has 0 N–H and O–H groups in total. The van der Waals surface area contributed by atoms with Crippen LogP contribution in [-0.4, -0.2) is 4.57 Å². The SMILES string of the molecule is Brc1ccc2c(c1)c1cc(Br)ccc1n2-c1ccccc1. The zero-order chi connectivity index (χ0) is 14.4. The van der Waals surface area contributed by atoms with Crippen LogP contribution in [0.5, 0.6) is 0 Å². The van der Waals surface area contributed by atoms with E-state index in [1.54, 1.807) is 0 Å². The van der Waals surface area contributed by atoms with Crippen LogP contribution < -0.4 is 0 Å². The molecule has 0 fully saturated rings. The monoisotopic (exact) mass is 399 g/mol. The van der Waals surface area contributed by atoms with Gasteiger partial charge in [-0.15, -0.1) is 0 Å². The maximum Gasteiger partial charge on any atom is 0.0541 e. The molecule has 3 heteroatoms. The summed E-state index contributed by atoms with van der Waals surface area (Å²) in [5, 5.41) is 2.51. The van der Waals surface area contributed by atoms with Crippen molar-refractivity contribution in [2.24, 2.45) is 0 Å². The second-order valence-corrected chi connectivity index (χ2v) is 6.83. The highest BCUT2D eigenvalue weighted by Crippen LogP contribution is 2.34. The molecule has 102 valence electrons. The lowest BCUT2D eigenvalue weighted by atomic mass is 10.2. The Kier molecular flexibility index (Phi) is 3.12. The highest BCUT2D eigenvalue weighted by Gasteiger charge is 2.12. The number of para-hydroxylation sites is 1. The summed E-state index contributed by atoms with van der Waals surface area (Å²) < 4.78 is 4.51. The van der Waals surface area contributed by atoms with Crippen LogP contribution in [-0.2, 0) is 0 Å². The molecule has 4 rings (SSSR count). The van der Waals surface area contributed by atoms with Crippen molar-refractivity contribution < 1.29 is 0 Å². The van der Waals surface area contributed by atoms with E-state index in [-0.39, 0.29) is 0 Å². The number of benzene rings is 3. The molecule has 0 bridgehead atoms. The molecule has 0 aliphatic rings. The molecule has 0 amide bonds. The number of hydrogen-bond acceptors (Lipinski definition) is 0. The summed E-state index contributed by atoms with van der Waals surface area (Å²) >= 11 is 7.16. The Bertz CT molecular complexity index is 896. The number of fused-ring (bicyclic) bond motifs is 3. The second kappa shape index (κ2) is 5.00.